The van der Waals surface area contributed by atoms with Gasteiger partial charge in [0.15, 0.2) is 0 Å². The zero-order chi connectivity index (χ0) is 25.3. The van der Waals surface area contributed by atoms with E-state index in [1.807, 2.05) is 0 Å². The van der Waals surface area contributed by atoms with Crippen molar-refractivity contribution in [1.29, 1.82) is 0 Å². The number of nitrogens with two attached hydrogens (primary N) is 2. The first-order valence-electron chi connectivity index (χ1n) is 10.7. The smallest absolute Gasteiger partial charge is 0.326 e. The Labute approximate surface area is 191 Å². The standard InChI is InChI=1S/C20H33N5O8/c1-10(2)8-12(17(29)24-13(20(32)33)9-16(27)28)23-18(30)14-4-3-7-25(14)19(31)11(21)5-6-15(22)26/h10-14H,3-9,21H2,1-2H3,(H2,22,26)(H,23,30)(H,24,29)(H,27,28)(H,32,33). The average molecular weight is 472 g/mol. The second kappa shape index (κ2) is 12.7. The van der Waals surface area contributed by atoms with E-state index in [1.165, 1.54) is 4.90 Å². The van der Waals surface area contributed by atoms with Crippen LogP contribution in [0.2, 0.25) is 0 Å². The molecule has 33 heavy (non-hydrogen) atoms. The molecule has 0 radical (unpaired) electrons. The molecule has 0 bridgehead atoms. The molecular formula is C20H33N5O8. The van der Waals surface area contributed by atoms with Gasteiger partial charge in [-0.05, 0) is 31.6 Å². The highest BCUT2D eigenvalue weighted by atomic mass is 16.4. The molecule has 4 atom stereocenters. The van der Waals surface area contributed by atoms with Crippen LogP contribution >= 0.6 is 0 Å². The van der Waals surface area contributed by atoms with Crippen LogP contribution in [0.25, 0.3) is 0 Å². The van der Waals surface area contributed by atoms with E-state index in [0.29, 0.717) is 12.8 Å². The number of amides is 4. The lowest BCUT2D eigenvalue weighted by atomic mass is 10.0. The number of nitrogens with zero attached hydrogens (tertiary/aromatic N) is 1. The van der Waals surface area contributed by atoms with Gasteiger partial charge in [0.1, 0.15) is 18.1 Å². The first-order valence-corrected chi connectivity index (χ1v) is 10.7. The van der Waals surface area contributed by atoms with Crippen molar-refractivity contribution in [2.75, 3.05) is 6.54 Å². The maximum absolute atomic E-state index is 12.9. The second-order valence-corrected chi connectivity index (χ2v) is 8.49. The molecule has 1 heterocycles. The second-order valence-electron chi connectivity index (χ2n) is 8.49. The van der Waals surface area contributed by atoms with E-state index in [2.05, 4.69) is 10.6 Å². The van der Waals surface area contributed by atoms with Crippen molar-refractivity contribution in [2.45, 2.75) is 76.5 Å². The Morgan fingerprint density at radius 1 is 1.06 bits per heavy atom. The van der Waals surface area contributed by atoms with Gasteiger partial charge in [0.05, 0.1) is 12.5 Å². The monoisotopic (exact) mass is 471 g/mol. The fourth-order valence-corrected chi connectivity index (χ4v) is 3.56. The van der Waals surface area contributed by atoms with Crippen molar-refractivity contribution in [1.82, 2.24) is 15.5 Å². The normalized spacial score (nSPS) is 18.3. The van der Waals surface area contributed by atoms with Crippen molar-refractivity contribution in [3.63, 3.8) is 0 Å². The molecule has 13 nitrogen and oxygen atoms in total. The molecule has 0 aliphatic carbocycles. The first-order chi connectivity index (χ1) is 15.3. The minimum Gasteiger partial charge on any atom is -0.481 e. The molecule has 1 saturated heterocycles. The van der Waals surface area contributed by atoms with E-state index in [9.17, 15) is 28.8 Å². The van der Waals surface area contributed by atoms with Gasteiger partial charge in [-0.25, -0.2) is 4.79 Å². The summed E-state index contributed by atoms with van der Waals surface area (Å²) in [4.78, 5) is 72.7. The zero-order valence-corrected chi connectivity index (χ0v) is 18.8. The van der Waals surface area contributed by atoms with Crippen LogP contribution in [0.5, 0.6) is 0 Å². The molecule has 8 N–H and O–H groups in total. The number of carbonyl (C=O) groups is 6. The summed E-state index contributed by atoms with van der Waals surface area (Å²) < 4.78 is 0. The van der Waals surface area contributed by atoms with Crippen LogP contribution in [-0.4, -0.2) is 81.4 Å². The Kier molecular flexibility index (Phi) is 10.7. The molecule has 4 unspecified atom stereocenters. The summed E-state index contributed by atoms with van der Waals surface area (Å²) in [6.07, 6.45) is 0.181. The molecule has 0 aromatic carbocycles. The van der Waals surface area contributed by atoms with Crippen LogP contribution in [0, 0.1) is 5.92 Å². The summed E-state index contributed by atoms with van der Waals surface area (Å²) >= 11 is 0. The molecule has 0 aromatic rings. The molecule has 0 spiro atoms. The van der Waals surface area contributed by atoms with Gasteiger partial charge in [0.2, 0.25) is 23.6 Å². The molecule has 0 aromatic heterocycles. The van der Waals surface area contributed by atoms with E-state index in [4.69, 9.17) is 21.7 Å². The lowest BCUT2D eigenvalue weighted by Gasteiger charge is -2.29. The summed E-state index contributed by atoms with van der Waals surface area (Å²) in [5.41, 5.74) is 10.9. The van der Waals surface area contributed by atoms with E-state index in [-0.39, 0.29) is 31.7 Å². The third-order valence-electron chi connectivity index (χ3n) is 5.19. The molecular weight excluding hydrogens is 438 g/mol. The minimum atomic E-state index is -1.66. The lowest BCUT2D eigenvalue weighted by molar-refractivity contribution is -0.147. The number of hydrogen-bond donors (Lipinski definition) is 6. The highest BCUT2D eigenvalue weighted by molar-refractivity contribution is 5.95. The molecule has 186 valence electrons. The molecule has 13 heteroatoms. The van der Waals surface area contributed by atoms with Gasteiger partial charge in [-0.3, -0.25) is 24.0 Å². The fourth-order valence-electron chi connectivity index (χ4n) is 3.56. The van der Waals surface area contributed by atoms with E-state index in [0.717, 1.165) is 0 Å². The number of hydrogen-bond acceptors (Lipinski definition) is 7. The lowest BCUT2D eigenvalue weighted by Crippen LogP contribution is -2.57. The average Bonchev–Trinajstić information content (AvgIpc) is 3.19. The maximum atomic E-state index is 12.9. The number of primary amides is 1. The van der Waals surface area contributed by atoms with Gasteiger partial charge in [0, 0.05) is 13.0 Å². The molecule has 0 saturated carbocycles. The van der Waals surface area contributed by atoms with Crippen LogP contribution in [0.3, 0.4) is 0 Å². The molecule has 1 rings (SSSR count). The number of carboxylic acids is 2. The maximum Gasteiger partial charge on any atom is 0.326 e. The summed E-state index contributed by atoms with van der Waals surface area (Å²) in [5, 5.41) is 22.7. The Hall–Kier alpha value is -3.22. The van der Waals surface area contributed by atoms with E-state index >= 15 is 0 Å². The topological polar surface area (TPSA) is 222 Å². The van der Waals surface area contributed by atoms with E-state index in [1.54, 1.807) is 13.8 Å². The summed E-state index contributed by atoms with van der Waals surface area (Å²) in [7, 11) is 0. The number of likely N-dealkylation sites (tertiary alicyclic amines) is 1. The quantitative estimate of drug-likeness (QED) is 0.177. The van der Waals surface area contributed by atoms with Crippen molar-refractivity contribution >= 4 is 35.6 Å². The highest BCUT2D eigenvalue weighted by Gasteiger charge is 2.38. The third kappa shape index (κ3) is 9.04. The Morgan fingerprint density at radius 3 is 2.21 bits per heavy atom. The van der Waals surface area contributed by atoms with Gasteiger partial charge in [-0.1, -0.05) is 13.8 Å². The summed E-state index contributed by atoms with van der Waals surface area (Å²) in [6, 6.07) is -4.68. The predicted octanol–water partition coefficient (Wildman–Crippen LogP) is -1.85. The van der Waals surface area contributed by atoms with Gasteiger partial charge in [-0.2, -0.15) is 0 Å². The number of aliphatic carboxylic acids is 2. The van der Waals surface area contributed by atoms with Crippen molar-refractivity contribution in [3.8, 4) is 0 Å². The molecule has 1 fully saturated rings. The van der Waals surface area contributed by atoms with Gasteiger partial charge in [-0.15, -0.1) is 0 Å². The van der Waals surface area contributed by atoms with Gasteiger partial charge in [0.25, 0.3) is 0 Å². The van der Waals surface area contributed by atoms with Crippen LogP contribution in [-0.2, 0) is 28.8 Å². The molecule has 4 amide bonds. The fraction of sp³-hybridized carbons (Fsp3) is 0.700. The first kappa shape index (κ1) is 27.8. The van der Waals surface area contributed by atoms with Crippen LogP contribution in [0.15, 0.2) is 0 Å². The number of nitrogens with one attached hydrogen (secondary N) is 2. The van der Waals surface area contributed by atoms with Crippen molar-refractivity contribution in [3.05, 3.63) is 0 Å². The zero-order valence-electron chi connectivity index (χ0n) is 18.8. The third-order valence-corrected chi connectivity index (χ3v) is 5.19. The van der Waals surface area contributed by atoms with Gasteiger partial charge >= 0.3 is 11.9 Å². The SMILES string of the molecule is CC(C)CC(NC(=O)C1CCCN1C(=O)C(N)CCC(N)=O)C(=O)NC(CC(=O)O)C(=O)O. The Balaban J connectivity index is 2.90. The van der Waals surface area contributed by atoms with E-state index < -0.39 is 66.2 Å². The minimum absolute atomic E-state index is 0.0392. The largest absolute Gasteiger partial charge is 0.481 e. The predicted molar refractivity (Wildman–Crippen MR) is 114 cm³/mol. The van der Waals surface area contributed by atoms with Crippen LogP contribution in [0.1, 0.15) is 52.4 Å². The van der Waals surface area contributed by atoms with Gasteiger partial charge < -0.3 is 37.2 Å². The van der Waals surface area contributed by atoms with Crippen molar-refractivity contribution < 1.29 is 39.0 Å². The molecule has 1 aliphatic heterocycles. The summed E-state index contributed by atoms with van der Waals surface area (Å²) in [5.74, 6) is -5.52. The van der Waals surface area contributed by atoms with Crippen molar-refractivity contribution in [2.24, 2.45) is 17.4 Å². The summed E-state index contributed by atoms with van der Waals surface area (Å²) in [6.45, 7) is 3.87. The number of carboxylic acid groups (broad SMARTS) is 2. The molecule has 1 aliphatic rings. The Bertz CT molecular complexity index is 772. The highest BCUT2D eigenvalue weighted by Crippen LogP contribution is 2.20. The van der Waals surface area contributed by atoms with Crippen LogP contribution in [0.4, 0.5) is 0 Å². The Morgan fingerprint density at radius 2 is 1.70 bits per heavy atom. The number of rotatable bonds is 13. The number of carbonyl (C=O) groups excluding carboxylic acids is 4. The van der Waals surface area contributed by atoms with Crippen LogP contribution < -0.4 is 22.1 Å².